The SMILES string of the molecule is NCC#Cc1ccccc1CN1CCS(=O)(=O)CC1. The van der Waals surface area contributed by atoms with Crippen molar-refractivity contribution in [1.82, 2.24) is 4.90 Å². The van der Waals surface area contributed by atoms with Gasteiger partial charge in [-0.25, -0.2) is 8.42 Å². The van der Waals surface area contributed by atoms with Gasteiger partial charge in [0, 0.05) is 25.2 Å². The number of nitrogens with two attached hydrogens (primary N) is 1. The molecule has 0 aromatic heterocycles. The van der Waals surface area contributed by atoms with E-state index >= 15 is 0 Å². The molecular weight excluding hydrogens is 260 g/mol. The van der Waals surface area contributed by atoms with Crippen LogP contribution in [0.1, 0.15) is 11.1 Å². The Morgan fingerprint density at radius 1 is 1.21 bits per heavy atom. The number of hydrogen-bond acceptors (Lipinski definition) is 4. The molecule has 1 aliphatic rings. The third-order valence-electron chi connectivity index (χ3n) is 3.17. The van der Waals surface area contributed by atoms with Gasteiger partial charge in [-0.1, -0.05) is 30.0 Å². The van der Waals surface area contributed by atoms with Gasteiger partial charge in [0.05, 0.1) is 18.1 Å². The number of benzene rings is 1. The van der Waals surface area contributed by atoms with Gasteiger partial charge in [-0.2, -0.15) is 0 Å². The minimum Gasteiger partial charge on any atom is -0.320 e. The van der Waals surface area contributed by atoms with E-state index in [1.54, 1.807) is 0 Å². The van der Waals surface area contributed by atoms with Crippen LogP contribution in [0, 0.1) is 11.8 Å². The fourth-order valence-electron chi connectivity index (χ4n) is 2.08. The summed E-state index contributed by atoms with van der Waals surface area (Å²) >= 11 is 0. The topological polar surface area (TPSA) is 63.4 Å². The standard InChI is InChI=1S/C14H18N2O2S/c15-7-3-6-13-4-1-2-5-14(13)12-16-8-10-19(17,18)11-9-16/h1-2,4-5H,7-12,15H2. The van der Waals surface area contributed by atoms with Crippen molar-refractivity contribution in [3.8, 4) is 11.8 Å². The Morgan fingerprint density at radius 3 is 2.58 bits per heavy atom. The van der Waals surface area contributed by atoms with Gasteiger partial charge in [0.1, 0.15) is 0 Å². The molecule has 1 aromatic rings. The third-order valence-corrected chi connectivity index (χ3v) is 4.78. The highest BCUT2D eigenvalue weighted by atomic mass is 32.2. The Bertz CT molecular complexity index is 585. The van der Waals surface area contributed by atoms with E-state index in [1.165, 1.54) is 0 Å². The average Bonchev–Trinajstić information content (AvgIpc) is 2.40. The fourth-order valence-corrected chi connectivity index (χ4v) is 3.35. The molecule has 1 heterocycles. The molecule has 0 atom stereocenters. The second-order valence-corrected chi connectivity index (χ2v) is 6.89. The van der Waals surface area contributed by atoms with E-state index in [9.17, 15) is 8.42 Å². The first-order chi connectivity index (χ1) is 9.11. The Hall–Kier alpha value is -1.35. The molecule has 102 valence electrons. The number of sulfone groups is 1. The largest absolute Gasteiger partial charge is 0.320 e. The molecule has 0 radical (unpaired) electrons. The lowest BCUT2D eigenvalue weighted by Gasteiger charge is -2.26. The molecule has 4 nitrogen and oxygen atoms in total. The molecule has 2 rings (SSSR count). The molecule has 0 aliphatic carbocycles. The minimum absolute atomic E-state index is 0.254. The van der Waals surface area contributed by atoms with Crippen LogP contribution >= 0.6 is 0 Å². The summed E-state index contributed by atoms with van der Waals surface area (Å²) in [6, 6.07) is 7.93. The molecule has 0 spiro atoms. The highest BCUT2D eigenvalue weighted by molar-refractivity contribution is 7.91. The van der Waals surface area contributed by atoms with Crippen LogP contribution in [0.25, 0.3) is 0 Å². The van der Waals surface area contributed by atoms with Crippen LogP contribution in [0.15, 0.2) is 24.3 Å². The maximum atomic E-state index is 11.4. The first-order valence-electron chi connectivity index (χ1n) is 6.30. The second kappa shape index (κ2) is 6.20. The first kappa shape index (κ1) is 14.1. The van der Waals surface area contributed by atoms with Crippen molar-refractivity contribution in [3.63, 3.8) is 0 Å². The second-order valence-electron chi connectivity index (χ2n) is 4.59. The van der Waals surface area contributed by atoms with Crippen LogP contribution < -0.4 is 5.73 Å². The summed E-state index contributed by atoms with van der Waals surface area (Å²) < 4.78 is 22.8. The molecule has 0 bridgehead atoms. The van der Waals surface area contributed by atoms with E-state index < -0.39 is 9.84 Å². The van der Waals surface area contributed by atoms with Crippen LogP contribution in [-0.4, -0.2) is 44.5 Å². The van der Waals surface area contributed by atoms with Gasteiger partial charge in [-0.3, -0.25) is 4.90 Å². The maximum absolute atomic E-state index is 11.4. The minimum atomic E-state index is -2.82. The van der Waals surface area contributed by atoms with Crippen LogP contribution in [0.5, 0.6) is 0 Å². The molecule has 0 amide bonds. The number of rotatable bonds is 2. The van der Waals surface area contributed by atoms with E-state index in [0.717, 1.165) is 17.7 Å². The quantitative estimate of drug-likeness (QED) is 0.787. The fraction of sp³-hybridized carbons (Fsp3) is 0.429. The van der Waals surface area contributed by atoms with Gasteiger partial charge in [0.2, 0.25) is 0 Å². The lowest BCUT2D eigenvalue weighted by molar-refractivity contribution is 0.287. The van der Waals surface area contributed by atoms with Gasteiger partial charge < -0.3 is 5.73 Å². The highest BCUT2D eigenvalue weighted by Gasteiger charge is 2.21. The summed E-state index contributed by atoms with van der Waals surface area (Å²) in [5.74, 6) is 6.42. The zero-order chi connectivity index (χ0) is 13.7. The third kappa shape index (κ3) is 4.06. The zero-order valence-corrected chi connectivity index (χ0v) is 11.6. The van der Waals surface area contributed by atoms with Crippen molar-refractivity contribution in [2.75, 3.05) is 31.1 Å². The summed E-state index contributed by atoms with van der Waals surface area (Å²) in [4.78, 5) is 2.16. The Kier molecular flexibility index (Phi) is 4.59. The molecular formula is C14H18N2O2S. The van der Waals surface area contributed by atoms with Crippen LogP contribution in [-0.2, 0) is 16.4 Å². The summed E-state index contributed by atoms with van der Waals surface area (Å²) in [5, 5.41) is 0. The zero-order valence-electron chi connectivity index (χ0n) is 10.8. The monoisotopic (exact) mass is 278 g/mol. The molecule has 1 saturated heterocycles. The highest BCUT2D eigenvalue weighted by Crippen LogP contribution is 2.13. The number of hydrogen-bond donors (Lipinski definition) is 1. The maximum Gasteiger partial charge on any atom is 0.152 e. The molecule has 0 saturated carbocycles. The van der Waals surface area contributed by atoms with E-state index in [4.69, 9.17) is 5.73 Å². The van der Waals surface area contributed by atoms with Gasteiger partial charge in [0.15, 0.2) is 9.84 Å². The van der Waals surface area contributed by atoms with Gasteiger partial charge in [-0.15, -0.1) is 0 Å². The lowest BCUT2D eigenvalue weighted by Crippen LogP contribution is -2.39. The van der Waals surface area contributed by atoms with Gasteiger partial charge in [0.25, 0.3) is 0 Å². The summed E-state index contributed by atoms with van der Waals surface area (Å²) in [5.41, 5.74) is 7.49. The van der Waals surface area contributed by atoms with Gasteiger partial charge in [-0.05, 0) is 11.6 Å². The molecule has 1 aliphatic heterocycles. The van der Waals surface area contributed by atoms with Crippen LogP contribution in [0.4, 0.5) is 0 Å². The average molecular weight is 278 g/mol. The Balaban J connectivity index is 2.07. The smallest absolute Gasteiger partial charge is 0.152 e. The molecule has 0 unspecified atom stereocenters. The van der Waals surface area contributed by atoms with Crippen molar-refractivity contribution in [2.45, 2.75) is 6.54 Å². The van der Waals surface area contributed by atoms with Crippen molar-refractivity contribution >= 4 is 9.84 Å². The van der Waals surface area contributed by atoms with Crippen LogP contribution in [0.2, 0.25) is 0 Å². The van der Waals surface area contributed by atoms with Crippen molar-refractivity contribution in [3.05, 3.63) is 35.4 Å². The summed E-state index contributed by atoms with van der Waals surface area (Å²) in [6.07, 6.45) is 0. The Morgan fingerprint density at radius 2 is 1.89 bits per heavy atom. The predicted molar refractivity (Wildman–Crippen MR) is 76.3 cm³/mol. The van der Waals surface area contributed by atoms with Gasteiger partial charge >= 0.3 is 0 Å². The van der Waals surface area contributed by atoms with E-state index in [0.29, 0.717) is 19.6 Å². The molecule has 1 fully saturated rings. The number of nitrogens with zero attached hydrogens (tertiary/aromatic N) is 1. The first-order valence-corrected chi connectivity index (χ1v) is 8.12. The van der Waals surface area contributed by atoms with E-state index in [1.807, 2.05) is 24.3 Å². The van der Waals surface area contributed by atoms with Crippen LogP contribution in [0.3, 0.4) is 0 Å². The summed E-state index contributed by atoms with van der Waals surface area (Å²) in [6.45, 7) is 2.28. The van der Waals surface area contributed by atoms with Crippen molar-refractivity contribution < 1.29 is 8.42 Å². The Labute approximate surface area is 114 Å². The lowest BCUT2D eigenvalue weighted by atomic mass is 10.1. The summed E-state index contributed by atoms with van der Waals surface area (Å²) in [7, 11) is -2.82. The molecule has 2 N–H and O–H groups in total. The van der Waals surface area contributed by atoms with E-state index in [2.05, 4.69) is 16.7 Å². The van der Waals surface area contributed by atoms with Crippen molar-refractivity contribution in [1.29, 1.82) is 0 Å². The normalized spacial score (nSPS) is 18.6. The molecule has 5 heteroatoms. The molecule has 19 heavy (non-hydrogen) atoms. The predicted octanol–water partition coefficient (Wildman–Crippen LogP) is 0.227. The van der Waals surface area contributed by atoms with Crippen molar-refractivity contribution in [2.24, 2.45) is 5.73 Å². The van der Waals surface area contributed by atoms with E-state index in [-0.39, 0.29) is 11.5 Å². The molecule has 1 aromatic carbocycles.